The number of carbonyl (C=O) groups is 2. The summed E-state index contributed by atoms with van der Waals surface area (Å²) in [4.78, 5) is 29.6. The molecule has 1 atom stereocenters. The van der Waals surface area contributed by atoms with Crippen molar-refractivity contribution >= 4 is 11.9 Å². The molecule has 3 heterocycles. The number of nitrogens with zero attached hydrogens (tertiary/aromatic N) is 2. The summed E-state index contributed by atoms with van der Waals surface area (Å²) >= 11 is 0. The van der Waals surface area contributed by atoms with Crippen molar-refractivity contribution in [1.29, 1.82) is 0 Å². The van der Waals surface area contributed by atoms with Crippen LogP contribution < -0.4 is 9.47 Å². The van der Waals surface area contributed by atoms with E-state index in [0.717, 1.165) is 31.5 Å². The molecule has 2 aliphatic rings. The molecule has 0 aromatic carbocycles. The first-order chi connectivity index (χ1) is 9.65. The number of esters is 2. The van der Waals surface area contributed by atoms with Gasteiger partial charge in [0.1, 0.15) is 5.69 Å². The van der Waals surface area contributed by atoms with E-state index >= 15 is 0 Å². The van der Waals surface area contributed by atoms with Crippen LogP contribution in [0, 0.1) is 0 Å². The molecule has 0 spiro atoms. The van der Waals surface area contributed by atoms with E-state index in [1.807, 2.05) is 7.05 Å². The van der Waals surface area contributed by atoms with Gasteiger partial charge in [0, 0.05) is 24.4 Å². The smallest absolute Gasteiger partial charge is 0.336 e. The Morgan fingerprint density at radius 1 is 1.25 bits per heavy atom. The van der Waals surface area contributed by atoms with Crippen LogP contribution in [-0.2, 0) is 9.59 Å². The summed E-state index contributed by atoms with van der Waals surface area (Å²) in [6.07, 6.45) is 5.65. The normalized spacial score (nSPS) is 24.4. The van der Waals surface area contributed by atoms with Gasteiger partial charge in [0.05, 0.1) is 6.04 Å². The van der Waals surface area contributed by atoms with Crippen molar-refractivity contribution in [3.05, 3.63) is 30.1 Å². The molecule has 104 valence electrons. The molecule has 1 aromatic heterocycles. The summed E-state index contributed by atoms with van der Waals surface area (Å²) in [5.41, 5.74) is 0.638. The van der Waals surface area contributed by atoms with Crippen molar-refractivity contribution < 1.29 is 19.1 Å². The molecule has 0 bridgehead atoms. The number of fused-ring (bicyclic) bond motifs is 1. The van der Waals surface area contributed by atoms with Crippen molar-refractivity contribution in [2.75, 3.05) is 13.6 Å². The van der Waals surface area contributed by atoms with Crippen molar-refractivity contribution in [3.8, 4) is 11.5 Å². The third kappa shape index (κ3) is 2.30. The Morgan fingerprint density at radius 2 is 2.00 bits per heavy atom. The van der Waals surface area contributed by atoms with E-state index in [1.54, 1.807) is 6.20 Å². The number of carbonyl (C=O) groups excluding carboxylic acids is 2. The number of likely N-dealkylation sites (tertiary alicyclic amines) is 1. The molecule has 0 saturated carbocycles. The maximum Gasteiger partial charge on any atom is 0.336 e. The summed E-state index contributed by atoms with van der Waals surface area (Å²) in [7, 11) is 2.00. The molecule has 0 amide bonds. The van der Waals surface area contributed by atoms with E-state index in [0.29, 0.717) is 5.69 Å². The van der Waals surface area contributed by atoms with Crippen LogP contribution in [0.15, 0.2) is 24.4 Å². The second-order valence-electron chi connectivity index (χ2n) is 4.84. The number of hydrogen-bond donors (Lipinski definition) is 0. The summed E-state index contributed by atoms with van der Waals surface area (Å²) in [6, 6.07) is 1.60. The summed E-state index contributed by atoms with van der Waals surface area (Å²) in [6.45, 7) is 0.962. The van der Waals surface area contributed by atoms with Gasteiger partial charge in [0.15, 0.2) is 11.5 Å². The predicted molar refractivity (Wildman–Crippen MR) is 69.3 cm³/mol. The highest BCUT2D eigenvalue weighted by Crippen LogP contribution is 2.40. The summed E-state index contributed by atoms with van der Waals surface area (Å²) < 4.78 is 10.4. The fourth-order valence-electron chi connectivity index (χ4n) is 2.53. The highest BCUT2D eigenvalue weighted by molar-refractivity contribution is 5.95. The van der Waals surface area contributed by atoms with Gasteiger partial charge in [-0.25, -0.2) is 9.59 Å². The zero-order chi connectivity index (χ0) is 14.1. The van der Waals surface area contributed by atoms with Crippen molar-refractivity contribution in [3.63, 3.8) is 0 Å². The minimum Gasteiger partial charge on any atom is -0.419 e. The van der Waals surface area contributed by atoms with E-state index in [9.17, 15) is 9.59 Å². The average Bonchev–Trinajstić information content (AvgIpc) is 2.83. The molecule has 6 heteroatoms. The maximum atomic E-state index is 11.6. The molecular weight excluding hydrogens is 260 g/mol. The summed E-state index contributed by atoms with van der Waals surface area (Å²) in [5, 5.41) is 0. The van der Waals surface area contributed by atoms with Gasteiger partial charge in [-0.1, -0.05) is 0 Å². The van der Waals surface area contributed by atoms with E-state index in [-0.39, 0.29) is 17.5 Å². The van der Waals surface area contributed by atoms with Gasteiger partial charge in [0.25, 0.3) is 0 Å². The average molecular weight is 274 g/mol. The minimum absolute atomic E-state index is 0.0693. The number of pyridine rings is 1. The lowest BCUT2D eigenvalue weighted by molar-refractivity contribution is -0.133. The molecule has 1 aromatic rings. The molecule has 1 fully saturated rings. The molecular formula is C14H14N2O4. The largest absolute Gasteiger partial charge is 0.419 e. The van der Waals surface area contributed by atoms with E-state index in [2.05, 4.69) is 9.88 Å². The monoisotopic (exact) mass is 274 g/mol. The van der Waals surface area contributed by atoms with E-state index < -0.39 is 11.9 Å². The van der Waals surface area contributed by atoms with Crippen LogP contribution in [0.25, 0.3) is 0 Å². The molecule has 0 radical (unpaired) electrons. The molecule has 6 nitrogen and oxygen atoms in total. The molecule has 3 rings (SSSR count). The van der Waals surface area contributed by atoms with Gasteiger partial charge in [-0.3, -0.25) is 9.88 Å². The second kappa shape index (κ2) is 5.05. The lowest BCUT2D eigenvalue weighted by atomic mass is 10.1. The zero-order valence-electron chi connectivity index (χ0n) is 11.0. The predicted octanol–water partition coefficient (Wildman–Crippen LogP) is 1.23. The second-order valence-corrected chi connectivity index (χ2v) is 4.84. The Hall–Kier alpha value is -2.21. The van der Waals surface area contributed by atoms with Crippen molar-refractivity contribution in [1.82, 2.24) is 9.88 Å². The van der Waals surface area contributed by atoms with Gasteiger partial charge < -0.3 is 9.47 Å². The lowest BCUT2D eigenvalue weighted by Gasteiger charge is -2.22. The number of rotatable bonds is 1. The van der Waals surface area contributed by atoms with Crippen LogP contribution in [0.1, 0.15) is 24.6 Å². The first kappa shape index (κ1) is 12.8. The minimum atomic E-state index is -0.599. The molecule has 2 aliphatic heterocycles. The third-order valence-corrected chi connectivity index (χ3v) is 3.50. The molecule has 20 heavy (non-hydrogen) atoms. The van der Waals surface area contributed by atoms with Gasteiger partial charge >= 0.3 is 11.9 Å². The van der Waals surface area contributed by atoms with Gasteiger partial charge in [-0.15, -0.1) is 0 Å². The van der Waals surface area contributed by atoms with Gasteiger partial charge in [-0.05, 0) is 26.4 Å². The maximum absolute atomic E-state index is 11.6. The van der Waals surface area contributed by atoms with E-state index in [1.165, 1.54) is 6.07 Å². The molecule has 0 aliphatic carbocycles. The number of aromatic nitrogens is 1. The molecule has 1 saturated heterocycles. The Morgan fingerprint density at radius 3 is 2.70 bits per heavy atom. The Balaban J connectivity index is 2.06. The first-order valence-electron chi connectivity index (χ1n) is 6.46. The molecule has 0 N–H and O–H groups in total. The Bertz CT molecular complexity index is 597. The van der Waals surface area contributed by atoms with Gasteiger partial charge in [0.2, 0.25) is 0 Å². The highest BCUT2D eigenvalue weighted by Gasteiger charge is 2.30. The van der Waals surface area contributed by atoms with Crippen LogP contribution in [0.3, 0.4) is 0 Å². The van der Waals surface area contributed by atoms with Crippen molar-refractivity contribution in [2.45, 2.75) is 18.9 Å². The zero-order valence-corrected chi connectivity index (χ0v) is 11.0. The van der Waals surface area contributed by atoms with Crippen LogP contribution >= 0.6 is 0 Å². The quantitative estimate of drug-likeness (QED) is 0.717. The van der Waals surface area contributed by atoms with Crippen LogP contribution in [-0.4, -0.2) is 35.4 Å². The highest BCUT2D eigenvalue weighted by atomic mass is 16.6. The summed E-state index contributed by atoms with van der Waals surface area (Å²) in [5.74, 6) is -0.718. The Kier molecular flexibility index (Phi) is 3.23. The number of hydrogen-bond acceptors (Lipinski definition) is 6. The molecule has 1 unspecified atom stereocenters. The standard InChI is InChI=1S/C14H14N2O4/c1-16-8-2-3-9(16)13-14-10(6-7-15-13)19-11(17)4-5-12(18)20-14/h4-7,9H,2-3,8H2,1H3/b5-4-. The third-order valence-electron chi connectivity index (χ3n) is 3.50. The Labute approximate surface area is 116 Å². The first-order valence-corrected chi connectivity index (χ1v) is 6.46. The number of ether oxygens (including phenoxy) is 2. The van der Waals surface area contributed by atoms with Crippen LogP contribution in [0.2, 0.25) is 0 Å². The lowest BCUT2D eigenvalue weighted by Crippen LogP contribution is -2.21. The van der Waals surface area contributed by atoms with Crippen LogP contribution in [0.4, 0.5) is 0 Å². The fourth-order valence-corrected chi connectivity index (χ4v) is 2.53. The SMILES string of the molecule is CN1CCCC1c1nccc2c1OC(=O)/C=C\C(=O)O2. The fraction of sp³-hybridized carbons (Fsp3) is 0.357. The van der Waals surface area contributed by atoms with E-state index in [4.69, 9.17) is 9.47 Å². The van der Waals surface area contributed by atoms with Crippen molar-refractivity contribution in [2.24, 2.45) is 0 Å². The topological polar surface area (TPSA) is 68.7 Å². The van der Waals surface area contributed by atoms with Gasteiger partial charge in [-0.2, -0.15) is 0 Å². The van der Waals surface area contributed by atoms with Crippen LogP contribution in [0.5, 0.6) is 11.5 Å².